The molecule has 22 heavy (non-hydrogen) atoms. The van der Waals surface area contributed by atoms with E-state index in [2.05, 4.69) is 13.0 Å². The molecule has 0 N–H and O–H groups in total. The van der Waals surface area contributed by atoms with Crippen LogP contribution in [0.4, 0.5) is 0 Å². The van der Waals surface area contributed by atoms with Gasteiger partial charge in [-0.1, -0.05) is 90.0 Å². The Kier molecular flexibility index (Phi) is 18.4. The average Bonchev–Trinajstić information content (AvgIpc) is 2.55. The highest BCUT2D eigenvalue weighted by molar-refractivity contribution is 4.84. The summed E-state index contributed by atoms with van der Waals surface area (Å²) in [5.74, 6) is 0. The summed E-state index contributed by atoms with van der Waals surface area (Å²) in [6, 6.07) is 0. The lowest BCUT2D eigenvalue weighted by molar-refractivity contribution is -0.0667. The molecule has 0 fully saturated rings. The first-order chi connectivity index (χ1) is 10.8. The van der Waals surface area contributed by atoms with Crippen molar-refractivity contribution in [2.24, 2.45) is 0 Å². The average molecular weight is 313 g/mol. The fraction of sp³-hybridized carbons (Fsp3) is 0.900. The lowest BCUT2D eigenvalue weighted by Crippen LogP contribution is -2.08. The lowest BCUT2D eigenvalue weighted by Gasteiger charge is -2.07. The molecular weight excluding hydrogens is 272 g/mol. The van der Waals surface area contributed by atoms with Crippen molar-refractivity contribution in [1.29, 1.82) is 0 Å². The van der Waals surface area contributed by atoms with Crippen molar-refractivity contribution in [3.05, 3.63) is 12.2 Å². The van der Waals surface area contributed by atoms with Crippen molar-refractivity contribution in [3.8, 4) is 0 Å². The van der Waals surface area contributed by atoms with Gasteiger partial charge in [-0.3, -0.25) is 0 Å². The smallest absolute Gasteiger partial charge is 0.176 e. The van der Waals surface area contributed by atoms with Crippen LogP contribution in [0.15, 0.2) is 12.2 Å². The van der Waals surface area contributed by atoms with Gasteiger partial charge >= 0.3 is 0 Å². The van der Waals surface area contributed by atoms with E-state index in [-0.39, 0.29) is 6.29 Å². The fourth-order valence-electron chi connectivity index (χ4n) is 2.74. The molecule has 0 aliphatic carbocycles. The maximum atomic E-state index is 5.11. The third kappa shape index (κ3) is 16.0. The van der Waals surface area contributed by atoms with Crippen LogP contribution < -0.4 is 0 Å². The van der Waals surface area contributed by atoms with Gasteiger partial charge in [0.15, 0.2) is 6.29 Å². The van der Waals surface area contributed by atoms with Crippen LogP contribution >= 0.6 is 0 Å². The Balaban J connectivity index is 3.11. The van der Waals surface area contributed by atoms with Crippen LogP contribution in [0.25, 0.3) is 0 Å². The van der Waals surface area contributed by atoms with Crippen LogP contribution in [0.1, 0.15) is 96.8 Å². The highest BCUT2D eigenvalue weighted by Gasteiger charge is 1.96. The summed E-state index contributed by atoms with van der Waals surface area (Å²) in [6.45, 7) is 2.28. The Labute approximate surface area is 139 Å². The number of unbranched alkanes of at least 4 members (excludes halogenated alkanes) is 13. The van der Waals surface area contributed by atoms with Crippen LogP contribution in [0.5, 0.6) is 0 Å². The summed E-state index contributed by atoms with van der Waals surface area (Å²) in [5.41, 5.74) is 0. The van der Waals surface area contributed by atoms with Crippen LogP contribution in [0, 0.1) is 0 Å². The molecule has 0 spiro atoms. The van der Waals surface area contributed by atoms with E-state index in [1.165, 1.54) is 83.5 Å². The Hall–Kier alpha value is -0.340. The van der Waals surface area contributed by atoms with Gasteiger partial charge in [0.1, 0.15) is 0 Å². The molecule has 0 amide bonds. The Morgan fingerprint density at radius 2 is 1.05 bits per heavy atom. The van der Waals surface area contributed by atoms with E-state index in [4.69, 9.17) is 9.47 Å². The molecule has 0 radical (unpaired) electrons. The number of methoxy groups -OCH3 is 2. The van der Waals surface area contributed by atoms with Gasteiger partial charge in [-0.25, -0.2) is 0 Å². The first kappa shape index (κ1) is 21.7. The molecule has 0 aromatic heterocycles. The molecule has 132 valence electrons. The number of hydrogen-bond donors (Lipinski definition) is 0. The first-order valence-corrected chi connectivity index (χ1v) is 9.57. The van der Waals surface area contributed by atoms with E-state index in [0.717, 1.165) is 6.42 Å². The Morgan fingerprint density at radius 1 is 0.636 bits per heavy atom. The molecule has 0 saturated heterocycles. The second-order valence-corrected chi connectivity index (χ2v) is 6.30. The molecule has 0 saturated carbocycles. The summed E-state index contributed by atoms with van der Waals surface area (Å²) >= 11 is 0. The minimum atomic E-state index is -0.179. The summed E-state index contributed by atoms with van der Waals surface area (Å²) < 4.78 is 10.2. The van der Waals surface area contributed by atoms with E-state index in [1.807, 2.05) is 6.08 Å². The third-order valence-electron chi connectivity index (χ3n) is 4.23. The number of hydrogen-bond acceptors (Lipinski definition) is 2. The largest absolute Gasteiger partial charge is 0.352 e. The standard InChI is InChI=1S/C20H40O2/c1-4-5-6-7-8-9-10-11-12-13-14-15-16-17-18-19-20(21-2)22-3/h18-20H,4-17H2,1-3H3. The van der Waals surface area contributed by atoms with Crippen LogP contribution in [0.2, 0.25) is 0 Å². The molecule has 0 bridgehead atoms. The van der Waals surface area contributed by atoms with Gasteiger partial charge in [0.05, 0.1) is 0 Å². The SMILES string of the molecule is CCCCCCCCCCCCCCCC=CC(OC)OC. The van der Waals surface area contributed by atoms with E-state index in [9.17, 15) is 0 Å². The van der Waals surface area contributed by atoms with Crippen molar-refractivity contribution >= 4 is 0 Å². The lowest BCUT2D eigenvalue weighted by atomic mass is 10.0. The molecule has 0 unspecified atom stereocenters. The van der Waals surface area contributed by atoms with Gasteiger partial charge in [-0.05, 0) is 18.9 Å². The van der Waals surface area contributed by atoms with Crippen LogP contribution in [-0.4, -0.2) is 20.5 Å². The minimum absolute atomic E-state index is 0.179. The molecule has 0 aliphatic rings. The molecule has 0 rings (SSSR count). The Bertz CT molecular complexity index is 222. The molecule has 0 heterocycles. The van der Waals surface area contributed by atoms with Gasteiger partial charge < -0.3 is 9.47 Å². The maximum absolute atomic E-state index is 5.11. The fourth-order valence-corrected chi connectivity index (χ4v) is 2.74. The van der Waals surface area contributed by atoms with Crippen molar-refractivity contribution in [1.82, 2.24) is 0 Å². The quantitative estimate of drug-likeness (QED) is 0.170. The van der Waals surface area contributed by atoms with Crippen molar-refractivity contribution in [3.63, 3.8) is 0 Å². The monoisotopic (exact) mass is 312 g/mol. The number of allylic oxidation sites excluding steroid dienone is 1. The predicted molar refractivity (Wildman–Crippen MR) is 97.3 cm³/mol. The molecule has 0 aromatic rings. The number of ether oxygens (including phenoxy) is 2. The van der Waals surface area contributed by atoms with E-state index in [1.54, 1.807) is 14.2 Å². The zero-order valence-corrected chi connectivity index (χ0v) is 15.4. The second kappa shape index (κ2) is 18.7. The van der Waals surface area contributed by atoms with Crippen LogP contribution in [0.3, 0.4) is 0 Å². The highest BCUT2D eigenvalue weighted by atomic mass is 16.7. The molecule has 0 aromatic carbocycles. The topological polar surface area (TPSA) is 18.5 Å². The zero-order valence-electron chi connectivity index (χ0n) is 15.4. The van der Waals surface area contributed by atoms with Gasteiger partial charge in [-0.15, -0.1) is 0 Å². The van der Waals surface area contributed by atoms with Gasteiger partial charge in [-0.2, -0.15) is 0 Å². The third-order valence-corrected chi connectivity index (χ3v) is 4.23. The Morgan fingerprint density at radius 3 is 1.45 bits per heavy atom. The zero-order chi connectivity index (χ0) is 16.3. The first-order valence-electron chi connectivity index (χ1n) is 9.57. The summed E-state index contributed by atoms with van der Waals surface area (Å²) in [7, 11) is 3.34. The number of rotatable bonds is 17. The van der Waals surface area contributed by atoms with Gasteiger partial charge in [0.2, 0.25) is 0 Å². The van der Waals surface area contributed by atoms with Gasteiger partial charge in [0.25, 0.3) is 0 Å². The molecule has 2 nitrogen and oxygen atoms in total. The molecule has 2 heteroatoms. The van der Waals surface area contributed by atoms with Crippen LogP contribution in [-0.2, 0) is 9.47 Å². The maximum Gasteiger partial charge on any atom is 0.176 e. The molecule has 0 atom stereocenters. The summed E-state index contributed by atoms with van der Waals surface area (Å²) in [6.07, 6.45) is 23.5. The molecule has 0 aliphatic heterocycles. The van der Waals surface area contributed by atoms with E-state index in [0.29, 0.717) is 0 Å². The van der Waals surface area contributed by atoms with Crippen molar-refractivity contribution in [2.75, 3.05) is 14.2 Å². The molecular formula is C20H40O2. The normalized spacial score (nSPS) is 11.8. The van der Waals surface area contributed by atoms with Gasteiger partial charge in [0, 0.05) is 14.2 Å². The second-order valence-electron chi connectivity index (χ2n) is 6.30. The van der Waals surface area contributed by atoms with Crippen molar-refractivity contribution < 1.29 is 9.47 Å². The summed E-state index contributed by atoms with van der Waals surface area (Å²) in [5, 5.41) is 0. The van der Waals surface area contributed by atoms with E-state index >= 15 is 0 Å². The summed E-state index contributed by atoms with van der Waals surface area (Å²) in [4.78, 5) is 0. The van der Waals surface area contributed by atoms with E-state index < -0.39 is 0 Å². The highest BCUT2D eigenvalue weighted by Crippen LogP contribution is 2.13. The minimum Gasteiger partial charge on any atom is -0.352 e. The predicted octanol–water partition coefficient (Wildman–Crippen LogP) is 6.64. The van der Waals surface area contributed by atoms with Crippen molar-refractivity contribution in [2.45, 2.75) is 103 Å².